The molecule has 1 saturated heterocycles. The Labute approximate surface area is 96.9 Å². The van der Waals surface area contributed by atoms with Gasteiger partial charge in [-0.3, -0.25) is 4.21 Å². The van der Waals surface area contributed by atoms with Gasteiger partial charge >= 0.3 is 0 Å². The van der Waals surface area contributed by atoms with Crippen LogP contribution in [-0.2, 0) is 14.9 Å². The van der Waals surface area contributed by atoms with E-state index in [1.165, 1.54) is 0 Å². The van der Waals surface area contributed by atoms with Gasteiger partial charge in [-0.1, -0.05) is 0 Å². The number of nitrogens with two attached hydrogens (primary N) is 1. The average molecular weight is 242 g/mol. The molecule has 0 radical (unpaired) electrons. The van der Waals surface area contributed by atoms with Crippen LogP contribution >= 0.6 is 0 Å². The molecule has 2 rings (SSSR count). The van der Waals surface area contributed by atoms with Crippen molar-refractivity contribution >= 4 is 15.8 Å². The van der Waals surface area contributed by atoms with Crippen LogP contribution in [0, 0.1) is 0 Å². The van der Waals surface area contributed by atoms with Crippen LogP contribution in [0.5, 0.6) is 0 Å². The first-order chi connectivity index (χ1) is 7.60. The Balaban J connectivity index is 2.23. The summed E-state index contributed by atoms with van der Waals surface area (Å²) in [7, 11) is -2.44. The molecular weight excluding hydrogens is 224 g/mol. The highest BCUT2D eigenvalue weighted by atomic mass is 32.3. The minimum Gasteiger partial charge on any atom is -0.399 e. The number of morpholine rings is 1. The molecule has 0 aliphatic carbocycles. The molecule has 1 aromatic rings. The second kappa shape index (κ2) is 4.53. The first-order valence-corrected chi connectivity index (χ1v) is 7.48. The zero-order valence-electron chi connectivity index (χ0n) is 9.43. The third-order valence-corrected chi connectivity index (χ3v) is 5.64. The molecule has 0 saturated carbocycles. The molecule has 5 heteroatoms. The van der Waals surface area contributed by atoms with Gasteiger partial charge in [0, 0.05) is 29.9 Å². The SMILES string of the molecule is C[SH](=O)(c1ccc(N)cc1)N1CCOCC1. The Morgan fingerprint density at radius 1 is 1.25 bits per heavy atom. The Kier molecular flexibility index (Phi) is 3.28. The van der Waals surface area contributed by atoms with Crippen LogP contribution in [0.3, 0.4) is 0 Å². The summed E-state index contributed by atoms with van der Waals surface area (Å²) >= 11 is 0. The largest absolute Gasteiger partial charge is 0.399 e. The Morgan fingerprint density at radius 3 is 2.38 bits per heavy atom. The molecule has 0 aromatic heterocycles. The number of hydrogen-bond acceptors (Lipinski definition) is 3. The number of nitrogens with zero attached hydrogens (tertiary/aromatic N) is 1. The smallest absolute Gasteiger partial charge is 0.0603 e. The summed E-state index contributed by atoms with van der Waals surface area (Å²) in [5, 5.41) is 0. The van der Waals surface area contributed by atoms with Gasteiger partial charge < -0.3 is 10.5 Å². The lowest BCUT2D eigenvalue weighted by Crippen LogP contribution is -2.44. The fourth-order valence-corrected chi connectivity index (χ4v) is 3.81. The summed E-state index contributed by atoms with van der Waals surface area (Å²) in [6, 6.07) is 7.30. The maximum absolute atomic E-state index is 12.7. The van der Waals surface area contributed by atoms with Crippen LogP contribution in [0.25, 0.3) is 0 Å². The molecule has 4 nitrogen and oxygen atoms in total. The highest BCUT2D eigenvalue weighted by Gasteiger charge is 2.23. The summed E-state index contributed by atoms with van der Waals surface area (Å²) in [4.78, 5) is 0.864. The van der Waals surface area contributed by atoms with Crippen LogP contribution in [-0.4, -0.2) is 41.1 Å². The van der Waals surface area contributed by atoms with Crippen molar-refractivity contribution in [3.8, 4) is 0 Å². The topological polar surface area (TPSA) is 55.6 Å². The van der Waals surface area contributed by atoms with Gasteiger partial charge in [-0.15, -0.1) is 0 Å². The van der Waals surface area contributed by atoms with Crippen molar-refractivity contribution in [2.24, 2.45) is 0 Å². The Hall–Kier alpha value is -0.910. The molecule has 0 spiro atoms. The van der Waals surface area contributed by atoms with Crippen LogP contribution in [0.2, 0.25) is 0 Å². The third-order valence-electron chi connectivity index (χ3n) is 2.90. The van der Waals surface area contributed by atoms with Crippen LogP contribution < -0.4 is 5.73 Å². The molecule has 0 unspecified atom stereocenters. The van der Waals surface area contributed by atoms with E-state index in [1.54, 1.807) is 12.1 Å². The molecule has 0 atom stereocenters. The van der Waals surface area contributed by atoms with E-state index in [0.29, 0.717) is 18.9 Å². The maximum Gasteiger partial charge on any atom is 0.0603 e. The summed E-state index contributed by atoms with van der Waals surface area (Å²) in [5.74, 6) is 0. The van der Waals surface area contributed by atoms with Gasteiger partial charge in [-0.2, -0.15) is 0 Å². The number of thiol groups is 1. The summed E-state index contributed by atoms with van der Waals surface area (Å²) in [5.41, 5.74) is 6.32. The average Bonchev–Trinajstić information content (AvgIpc) is 2.31. The van der Waals surface area contributed by atoms with E-state index in [2.05, 4.69) is 0 Å². The Bertz CT molecular complexity index is 399. The van der Waals surface area contributed by atoms with E-state index in [-0.39, 0.29) is 0 Å². The molecule has 90 valence electrons. The van der Waals surface area contributed by atoms with Gasteiger partial charge in [0.1, 0.15) is 0 Å². The lowest BCUT2D eigenvalue weighted by Gasteiger charge is -2.36. The minimum absolute atomic E-state index is 0.660. The van der Waals surface area contributed by atoms with Crippen LogP contribution in [0.1, 0.15) is 0 Å². The lowest BCUT2D eigenvalue weighted by molar-refractivity contribution is 0.0741. The molecule has 1 heterocycles. The predicted octanol–water partition coefficient (Wildman–Crippen LogP) is 0.521. The number of anilines is 1. The summed E-state index contributed by atoms with van der Waals surface area (Å²) < 4.78 is 20.0. The molecule has 0 bridgehead atoms. The fourth-order valence-electron chi connectivity index (χ4n) is 1.85. The first kappa shape index (κ1) is 11.6. The molecule has 2 N–H and O–H groups in total. The molecule has 16 heavy (non-hydrogen) atoms. The molecule has 1 aliphatic rings. The van der Waals surface area contributed by atoms with Gasteiger partial charge in [0.2, 0.25) is 0 Å². The van der Waals surface area contributed by atoms with E-state index in [4.69, 9.17) is 10.5 Å². The zero-order chi connectivity index (χ0) is 11.6. The number of ether oxygens (including phenoxy) is 1. The molecule has 1 fully saturated rings. The van der Waals surface area contributed by atoms with Gasteiger partial charge in [0.25, 0.3) is 0 Å². The van der Waals surface area contributed by atoms with Crippen molar-refractivity contribution in [1.29, 1.82) is 0 Å². The number of benzene rings is 1. The van der Waals surface area contributed by atoms with E-state index in [9.17, 15) is 4.21 Å². The van der Waals surface area contributed by atoms with E-state index >= 15 is 0 Å². The van der Waals surface area contributed by atoms with E-state index in [0.717, 1.165) is 18.0 Å². The highest BCUT2D eigenvalue weighted by molar-refractivity contribution is 8.00. The van der Waals surface area contributed by atoms with Gasteiger partial charge in [-0.05, 0) is 34.4 Å². The van der Waals surface area contributed by atoms with Crippen LogP contribution in [0.4, 0.5) is 5.69 Å². The van der Waals surface area contributed by atoms with Crippen molar-refractivity contribution in [1.82, 2.24) is 4.31 Å². The third kappa shape index (κ3) is 2.26. The standard InChI is InChI=1S/C11H18N2O2S/c1-16(14,13-6-8-15-9-7-13)11-4-2-10(12)3-5-11/h2-5,16H,6-9,12H2,1H3. The van der Waals surface area contributed by atoms with Crippen LogP contribution in [0.15, 0.2) is 29.2 Å². The van der Waals surface area contributed by atoms with E-state index in [1.807, 2.05) is 22.7 Å². The molecule has 1 aliphatic heterocycles. The summed E-state index contributed by atoms with van der Waals surface area (Å²) in [6.45, 7) is 2.79. The second-order valence-corrected chi connectivity index (χ2v) is 6.88. The van der Waals surface area contributed by atoms with E-state index < -0.39 is 10.1 Å². The number of rotatable bonds is 2. The van der Waals surface area contributed by atoms with Gasteiger partial charge in [-0.25, -0.2) is 4.31 Å². The van der Waals surface area contributed by atoms with Crippen molar-refractivity contribution in [3.05, 3.63) is 24.3 Å². The van der Waals surface area contributed by atoms with Crippen molar-refractivity contribution in [2.45, 2.75) is 4.90 Å². The molecular formula is C11H18N2O2S. The van der Waals surface area contributed by atoms with Crippen molar-refractivity contribution < 1.29 is 8.95 Å². The first-order valence-electron chi connectivity index (χ1n) is 5.37. The summed E-state index contributed by atoms with van der Waals surface area (Å²) in [6.07, 6.45) is 1.81. The normalized spacial score (nSPS) is 19.6. The fraction of sp³-hybridized carbons (Fsp3) is 0.455. The van der Waals surface area contributed by atoms with Gasteiger partial charge in [0.05, 0.1) is 13.2 Å². The minimum atomic E-state index is -2.44. The van der Waals surface area contributed by atoms with Crippen molar-refractivity contribution in [2.75, 3.05) is 38.3 Å². The quantitative estimate of drug-likeness (QED) is 0.587. The van der Waals surface area contributed by atoms with Gasteiger partial charge in [0.15, 0.2) is 0 Å². The Morgan fingerprint density at radius 2 is 1.81 bits per heavy atom. The predicted molar refractivity (Wildman–Crippen MR) is 67.0 cm³/mol. The monoisotopic (exact) mass is 242 g/mol. The highest BCUT2D eigenvalue weighted by Crippen LogP contribution is 2.22. The van der Waals surface area contributed by atoms with Crippen molar-refractivity contribution in [3.63, 3.8) is 0 Å². The molecule has 0 amide bonds. The maximum atomic E-state index is 12.7. The number of hydrogen-bond donors (Lipinski definition) is 2. The second-order valence-electron chi connectivity index (χ2n) is 4.04. The molecule has 1 aromatic carbocycles. The lowest BCUT2D eigenvalue weighted by atomic mass is 10.3. The number of nitrogen functional groups attached to an aromatic ring is 1. The zero-order valence-corrected chi connectivity index (χ0v) is 10.3.